The molecule has 1 saturated heterocycles. The maximum absolute atomic E-state index is 13.5. The standard InChI is InChI=1S/C27H25ClN4O4/c28-22-10-16(11-23(34)17-4-2-1-3-5-17)6-9-20(22)25(35)21-12-29-26-24(21)27(31-15-30-26)32-18-7-8-19(13-33)36-14-18/h1-6,9-10,12,15,18-19,33H,7-8,11,13-14H2,(H2,29,30,31,32)/t18-,19+/m0/s1. The number of rotatable bonds is 8. The summed E-state index contributed by atoms with van der Waals surface area (Å²) in [6.07, 6.45) is 4.62. The van der Waals surface area contributed by atoms with E-state index in [1.807, 2.05) is 18.2 Å². The van der Waals surface area contributed by atoms with Crippen LogP contribution in [-0.2, 0) is 11.2 Å². The molecule has 3 heterocycles. The summed E-state index contributed by atoms with van der Waals surface area (Å²) in [5, 5.41) is 13.5. The number of aromatic nitrogens is 3. The number of carbonyl (C=O) groups excluding carboxylic acids is 2. The number of carbonyl (C=O) groups is 2. The summed E-state index contributed by atoms with van der Waals surface area (Å²) in [4.78, 5) is 37.8. The van der Waals surface area contributed by atoms with Crippen molar-refractivity contribution in [3.8, 4) is 0 Å². The number of nitrogens with one attached hydrogen (secondary N) is 2. The molecule has 0 unspecified atom stereocenters. The van der Waals surface area contributed by atoms with Crippen LogP contribution in [0.3, 0.4) is 0 Å². The molecule has 1 fully saturated rings. The number of aliphatic hydroxyl groups excluding tert-OH is 1. The molecule has 0 radical (unpaired) electrons. The highest BCUT2D eigenvalue weighted by atomic mass is 35.5. The van der Waals surface area contributed by atoms with E-state index in [1.54, 1.807) is 36.5 Å². The van der Waals surface area contributed by atoms with Crippen molar-refractivity contribution >= 4 is 40.0 Å². The summed E-state index contributed by atoms with van der Waals surface area (Å²) >= 11 is 6.52. The van der Waals surface area contributed by atoms with E-state index in [0.717, 1.165) is 18.4 Å². The van der Waals surface area contributed by atoms with Gasteiger partial charge in [-0.3, -0.25) is 9.59 Å². The molecule has 0 saturated carbocycles. The lowest BCUT2D eigenvalue weighted by molar-refractivity contribution is -0.0224. The predicted octanol–water partition coefficient (Wildman–Crippen LogP) is 4.22. The van der Waals surface area contributed by atoms with Crippen LogP contribution in [0.2, 0.25) is 5.02 Å². The fourth-order valence-electron chi connectivity index (χ4n) is 4.42. The third kappa shape index (κ3) is 5.02. The Bertz CT molecular complexity index is 1400. The number of ether oxygens (including phenoxy) is 1. The third-order valence-corrected chi connectivity index (χ3v) is 6.68. The zero-order valence-corrected chi connectivity index (χ0v) is 20.2. The summed E-state index contributed by atoms with van der Waals surface area (Å²) in [6, 6.07) is 14.1. The molecule has 5 rings (SSSR count). The molecule has 1 aliphatic rings. The minimum Gasteiger partial charge on any atom is -0.394 e. The molecule has 2 aromatic heterocycles. The number of Topliss-reactive ketones (excluding diaryl/α,β-unsaturated/α-hetero) is 1. The molecule has 1 aliphatic heterocycles. The van der Waals surface area contributed by atoms with E-state index in [4.69, 9.17) is 16.3 Å². The summed E-state index contributed by atoms with van der Waals surface area (Å²) in [7, 11) is 0. The molecule has 2 atom stereocenters. The molecule has 0 spiro atoms. The zero-order valence-electron chi connectivity index (χ0n) is 19.4. The first-order valence-electron chi connectivity index (χ1n) is 11.8. The minimum atomic E-state index is -0.273. The average Bonchev–Trinajstić information content (AvgIpc) is 3.35. The normalized spacial score (nSPS) is 17.7. The number of fused-ring (bicyclic) bond motifs is 1. The van der Waals surface area contributed by atoms with Crippen LogP contribution in [0.25, 0.3) is 11.0 Å². The lowest BCUT2D eigenvalue weighted by Crippen LogP contribution is -2.36. The first-order valence-corrected chi connectivity index (χ1v) is 12.1. The van der Waals surface area contributed by atoms with E-state index < -0.39 is 0 Å². The lowest BCUT2D eigenvalue weighted by Gasteiger charge is -2.29. The molecule has 0 aliphatic carbocycles. The van der Waals surface area contributed by atoms with Crippen molar-refractivity contribution in [3.63, 3.8) is 0 Å². The maximum Gasteiger partial charge on any atom is 0.196 e. The molecular weight excluding hydrogens is 480 g/mol. The van der Waals surface area contributed by atoms with E-state index in [0.29, 0.717) is 40.1 Å². The monoisotopic (exact) mass is 504 g/mol. The van der Waals surface area contributed by atoms with Crippen LogP contribution >= 0.6 is 11.6 Å². The molecule has 36 heavy (non-hydrogen) atoms. The number of nitrogens with zero attached hydrogens (tertiary/aromatic N) is 2. The molecule has 9 heteroatoms. The SMILES string of the molecule is O=C(Cc1ccc(C(=O)c2c[nH]c3ncnc(N[C@H]4CC[C@H](CO)OC4)c23)c(Cl)c1)c1ccccc1. The number of H-pyrrole nitrogens is 1. The molecular formula is C27H25ClN4O4. The second kappa shape index (κ2) is 10.6. The number of benzene rings is 2. The highest BCUT2D eigenvalue weighted by molar-refractivity contribution is 6.35. The number of aliphatic hydroxyl groups is 1. The van der Waals surface area contributed by atoms with Crippen molar-refractivity contribution in [2.45, 2.75) is 31.4 Å². The summed E-state index contributed by atoms with van der Waals surface area (Å²) in [5.74, 6) is 0.236. The predicted molar refractivity (Wildman–Crippen MR) is 137 cm³/mol. The van der Waals surface area contributed by atoms with Gasteiger partial charge in [0.15, 0.2) is 11.6 Å². The van der Waals surface area contributed by atoms with Crippen LogP contribution in [0.4, 0.5) is 5.82 Å². The lowest BCUT2D eigenvalue weighted by atomic mass is 9.98. The average molecular weight is 505 g/mol. The van der Waals surface area contributed by atoms with E-state index in [-0.39, 0.29) is 41.8 Å². The van der Waals surface area contributed by atoms with Crippen LogP contribution in [0, 0.1) is 0 Å². The fraction of sp³-hybridized carbons (Fsp3) is 0.259. The van der Waals surface area contributed by atoms with Gasteiger partial charge in [0.25, 0.3) is 0 Å². The first-order chi connectivity index (χ1) is 17.5. The Morgan fingerprint density at radius 3 is 2.67 bits per heavy atom. The molecule has 0 amide bonds. The highest BCUT2D eigenvalue weighted by Gasteiger charge is 2.25. The Balaban J connectivity index is 1.38. The Hall–Kier alpha value is -3.59. The van der Waals surface area contributed by atoms with Crippen molar-refractivity contribution < 1.29 is 19.4 Å². The van der Waals surface area contributed by atoms with Gasteiger partial charge in [-0.1, -0.05) is 48.0 Å². The molecule has 4 aromatic rings. The Labute approximate surface area is 212 Å². The van der Waals surface area contributed by atoms with Crippen molar-refractivity contribution in [2.75, 3.05) is 18.5 Å². The van der Waals surface area contributed by atoms with Gasteiger partial charge < -0.3 is 20.1 Å². The number of halogens is 1. The second-order valence-corrected chi connectivity index (χ2v) is 9.22. The summed E-state index contributed by atoms with van der Waals surface area (Å²) < 4.78 is 5.66. The zero-order chi connectivity index (χ0) is 25.1. The highest BCUT2D eigenvalue weighted by Crippen LogP contribution is 2.30. The van der Waals surface area contributed by atoms with Crippen molar-refractivity contribution in [3.05, 3.63) is 88.3 Å². The van der Waals surface area contributed by atoms with Crippen molar-refractivity contribution in [2.24, 2.45) is 0 Å². The molecule has 184 valence electrons. The maximum atomic E-state index is 13.5. The first kappa shape index (κ1) is 24.1. The van der Waals surface area contributed by atoms with E-state index in [2.05, 4.69) is 20.3 Å². The second-order valence-electron chi connectivity index (χ2n) is 8.81. The van der Waals surface area contributed by atoms with Gasteiger partial charge in [-0.2, -0.15) is 0 Å². The van der Waals surface area contributed by atoms with E-state index in [9.17, 15) is 14.7 Å². The Morgan fingerprint density at radius 1 is 1.11 bits per heavy atom. The van der Waals surface area contributed by atoms with Gasteiger partial charge in [0.05, 0.1) is 41.3 Å². The molecule has 2 aromatic carbocycles. The fourth-order valence-corrected chi connectivity index (χ4v) is 4.71. The van der Waals surface area contributed by atoms with Gasteiger partial charge in [-0.15, -0.1) is 0 Å². The van der Waals surface area contributed by atoms with E-state index >= 15 is 0 Å². The van der Waals surface area contributed by atoms with Crippen LogP contribution in [-0.4, -0.2) is 57.0 Å². The smallest absolute Gasteiger partial charge is 0.196 e. The van der Waals surface area contributed by atoms with Gasteiger partial charge >= 0.3 is 0 Å². The van der Waals surface area contributed by atoms with Crippen LogP contribution < -0.4 is 5.32 Å². The molecule has 8 nitrogen and oxygen atoms in total. The van der Waals surface area contributed by atoms with Crippen molar-refractivity contribution in [1.82, 2.24) is 15.0 Å². The number of anilines is 1. The molecule has 0 bridgehead atoms. The summed E-state index contributed by atoms with van der Waals surface area (Å²) in [5.41, 5.74) is 2.61. The van der Waals surface area contributed by atoms with Gasteiger partial charge in [0.2, 0.25) is 0 Å². The van der Waals surface area contributed by atoms with Gasteiger partial charge in [-0.05, 0) is 30.5 Å². The topological polar surface area (TPSA) is 117 Å². The molecule has 3 N–H and O–H groups in total. The minimum absolute atomic E-state index is 0.000891. The summed E-state index contributed by atoms with van der Waals surface area (Å²) in [6.45, 7) is 0.431. The number of aromatic amines is 1. The van der Waals surface area contributed by atoms with Gasteiger partial charge in [0.1, 0.15) is 17.8 Å². The third-order valence-electron chi connectivity index (χ3n) is 6.37. The largest absolute Gasteiger partial charge is 0.394 e. The Morgan fingerprint density at radius 2 is 1.94 bits per heavy atom. The van der Waals surface area contributed by atoms with Gasteiger partial charge in [0, 0.05) is 23.7 Å². The van der Waals surface area contributed by atoms with Gasteiger partial charge in [-0.25, -0.2) is 9.97 Å². The van der Waals surface area contributed by atoms with Crippen LogP contribution in [0.15, 0.2) is 61.1 Å². The number of hydrogen-bond acceptors (Lipinski definition) is 7. The Kier molecular flexibility index (Phi) is 7.09. The number of hydrogen-bond donors (Lipinski definition) is 3. The quantitative estimate of drug-likeness (QED) is 0.307. The number of ketones is 2. The van der Waals surface area contributed by atoms with Crippen LogP contribution in [0.5, 0.6) is 0 Å². The van der Waals surface area contributed by atoms with Crippen LogP contribution in [0.1, 0.15) is 44.7 Å². The van der Waals surface area contributed by atoms with E-state index in [1.165, 1.54) is 6.33 Å². The van der Waals surface area contributed by atoms with Crippen molar-refractivity contribution in [1.29, 1.82) is 0 Å².